The number of hydrogen-bond acceptors (Lipinski definition) is 4. The van der Waals surface area contributed by atoms with E-state index < -0.39 is 12.7 Å². The quantitative estimate of drug-likeness (QED) is 0.877. The monoisotopic (exact) mass is 249 g/mol. The van der Waals surface area contributed by atoms with Crippen molar-refractivity contribution >= 4 is 5.82 Å². The molecule has 0 radical (unpaired) electrons. The lowest BCUT2D eigenvalue weighted by Crippen LogP contribution is -2.37. The van der Waals surface area contributed by atoms with Gasteiger partial charge in [-0.2, -0.15) is 13.2 Å². The van der Waals surface area contributed by atoms with E-state index in [2.05, 4.69) is 9.97 Å². The average Bonchev–Trinajstić information content (AvgIpc) is 2.13. The van der Waals surface area contributed by atoms with E-state index in [0.717, 1.165) is 4.90 Å². The molecular weight excluding hydrogens is 235 g/mol. The highest BCUT2D eigenvalue weighted by atomic mass is 19.4. The number of rotatable bonds is 4. The number of hydrogen-bond donors (Lipinski definition) is 1. The number of aromatic nitrogens is 2. The smallest absolute Gasteiger partial charge is 0.395 e. The molecular formula is C10H14F3N3O. The van der Waals surface area contributed by atoms with Crippen molar-refractivity contribution in [3.63, 3.8) is 0 Å². The first-order valence-corrected chi connectivity index (χ1v) is 5.06. The Morgan fingerprint density at radius 2 is 1.94 bits per heavy atom. The van der Waals surface area contributed by atoms with Crippen molar-refractivity contribution in [2.75, 3.05) is 24.6 Å². The van der Waals surface area contributed by atoms with Gasteiger partial charge < -0.3 is 10.0 Å². The molecule has 0 saturated heterocycles. The van der Waals surface area contributed by atoms with Crippen LogP contribution in [0.25, 0.3) is 0 Å². The van der Waals surface area contributed by atoms with Gasteiger partial charge in [0.15, 0.2) is 0 Å². The fourth-order valence-electron chi connectivity index (χ4n) is 1.47. The molecule has 0 bridgehead atoms. The first kappa shape index (κ1) is 13.7. The van der Waals surface area contributed by atoms with Gasteiger partial charge in [-0.05, 0) is 13.8 Å². The third-order valence-electron chi connectivity index (χ3n) is 2.02. The number of nitrogens with zero attached hydrogens (tertiary/aromatic N) is 3. The van der Waals surface area contributed by atoms with Gasteiger partial charge in [-0.3, -0.25) is 0 Å². The summed E-state index contributed by atoms with van der Waals surface area (Å²) in [4.78, 5) is 8.92. The fourth-order valence-corrected chi connectivity index (χ4v) is 1.47. The summed E-state index contributed by atoms with van der Waals surface area (Å²) >= 11 is 0. The molecule has 1 aromatic rings. The van der Waals surface area contributed by atoms with E-state index >= 15 is 0 Å². The van der Waals surface area contributed by atoms with Gasteiger partial charge in [-0.15, -0.1) is 0 Å². The maximum Gasteiger partial charge on any atom is 0.405 e. The molecule has 1 rings (SSSR count). The van der Waals surface area contributed by atoms with E-state index in [1.807, 2.05) is 0 Å². The van der Waals surface area contributed by atoms with Gasteiger partial charge >= 0.3 is 6.18 Å². The summed E-state index contributed by atoms with van der Waals surface area (Å²) in [5.41, 5.74) is 0.595. The molecule has 17 heavy (non-hydrogen) atoms. The fraction of sp³-hybridized carbons (Fsp3) is 0.600. The average molecular weight is 249 g/mol. The van der Waals surface area contributed by atoms with Crippen molar-refractivity contribution in [2.45, 2.75) is 20.0 Å². The van der Waals surface area contributed by atoms with Crippen molar-refractivity contribution in [1.82, 2.24) is 9.97 Å². The van der Waals surface area contributed by atoms with Crippen molar-refractivity contribution < 1.29 is 18.3 Å². The van der Waals surface area contributed by atoms with Crippen LogP contribution in [0.2, 0.25) is 0 Å². The summed E-state index contributed by atoms with van der Waals surface area (Å²) in [6, 6.07) is 1.47. The molecule has 96 valence electrons. The Hall–Kier alpha value is -1.37. The van der Waals surface area contributed by atoms with Crippen LogP contribution in [0.3, 0.4) is 0 Å². The lowest BCUT2D eigenvalue weighted by Gasteiger charge is -2.24. The Morgan fingerprint density at radius 3 is 2.41 bits per heavy atom. The second-order valence-electron chi connectivity index (χ2n) is 3.68. The molecule has 0 unspecified atom stereocenters. The Kier molecular flexibility index (Phi) is 4.28. The van der Waals surface area contributed by atoms with E-state index in [9.17, 15) is 13.2 Å². The summed E-state index contributed by atoms with van der Waals surface area (Å²) in [5, 5.41) is 8.78. The maximum atomic E-state index is 12.3. The summed E-state index contributed by atoms with van der Waals surface area (Å²) < 4.78 is 37.0. The van der Waals surface area contributed by atoms with E-state index in [1.165, 1.54) is 6.07 Å². The minimum atomic E-state index is -4.33. The van der Waals surface area contributed by atoms with Crippen LogP contribution in [0, 0.1) is 13.8 Å². The number of aliphatic hydroxyl groups excluding tert-OH is 1. The zero-order chi connectivity index (χ0) is 13.1. The normalized spacial score (nSPS) is 11.6. The highest BCUT2D eigenvalue weighted by Crippen LogP contribution is 2.20. The van der Waals surface area contributed by atoms with E-state index in [4.69, 9.17) is 5.11 Å². The molecule has 0 aliphatic carbocycles. The van der Waals surface area contributed by atoms with Crippen LogP contribution < -0.4 is 4.90 Å². The predicted octanol–water partition coefficient (Wildman–Crippen LogP) is 1.45. The van der Waals surface area contributed by atoms with Gasteiger partial charge in [0.2, 0.25) is 0 Å². The summed E-state index contributed by atoms with van der Waals surface area (Å²) in [6.45, 7) is 1.68. The summed E-state index contributed by atoms with van der Waals surface area (Å²) in [5.74, 6) is 0.589. The standard InChI is InChI=1S/C10H14F3N3O/c1-7-5-9(15-8(2)14-7)16(3-4-17)6-10(11,12)13/h5,17H,3-4,6H2,1-2H3. The molecule has 0 aromatic carbocycles. The highest BCUT2D eigenvalue weighted by molar-refractivity contribution is 5.39. The molecule has 0 saturated carbocycles. The number of halogens is 3. The Morgan fingerprint density at radius 1 is 1.29 bits per heavy atom. The maximum absolute atomic E-state index is 12.3. The molecule has 1 aromatic heterocycles. The zero-order valence-electron chi connectivity index (χ0n) is 9.62. The van der Waals surface area contributed by atoms with E-state index in [0.29, 0.717) is 11.5 Å². The molecule has 0 atom stereocenters. The second kappa shape index (κ2) is 5.31. The van der Waals surface area contributed by atoms with Crippen LogP contribution in [0.15, 0.2) is 6.07 Å². The number of alkyl halides is 3. The van der Waals surface area contributed by atoms with Crippen molar-refractivity contribution in [3.05, 3.63) is 17.6 Å². The molecule has 7 heteroatoms. The minimum Gasteiger partial charge on any atom is -0.395 e. The number of anilines is 1. The minimum absolute atomic E-state index is 0.116. The predicted molar refractivity (Wildman–Crippen MR) is 56.9 cm³/mol. The lowest BCUT2D eigenvalue weighted by molar-refractivity contribution is -0.120. The zero-order valence-corrected chi connectivity index (χ0v) is 9.62. The van der Waals surface area contributed by atoms with E-state index in [-0.39, 0.29) is 19.0 Å². The van der Waals surface area contributed by atoms with Gasteiger partial charge in [0, 0.05) is 18.3 Å². The van der Waals surface area contributed by atoms with Crippen LogP contribution in [-0.2, 0) is 0 Å². The molecule has 0 amide bonds. The third-order valence-corrected chi connectivity index (χ3v) is 2.02. The van der Waals surface area contributed by atoms with Gasteiger partial charge in [-0.1, -0.05) is 0 Å². The summed E-state index contributed by atoms with van der Waals surface area (Å²) in [7, 11) is 0. The Balaban J connectivity index is 2.96. The summed E-state index contributed by atoms with van der Waals surface area (Å²) in [6.07, 6.45) is -4.33. The molecule has 0 fully saturated rings. The molecule has 0 spiro atoms. The Bertz CT molecular complexity index is 361. The third kappa shape index (κ3) is 4.56. The van der Waals surface area contributed by atoms with Crippen LogP contribution in [0.1, 0.15) is 11.5 Å². The topological polar surface area (TPSA) is 49.2 Å². The number of aliphatic hydroxyl groups is 1. The van der Waals surface area contributed by atoms with Gasteiger partial charge in [-0.25, -0.2) is 9.97 Å². The SMILES string of the molecule is Cc1cc(N(CCO)CC(F)(F)F)nc(C)n1. The first-order chi connectivity index (χ1) is 7.81. The van der Waals surface area contributed by atoms with Crippen LogP contribution in [0.4, 0.5) is 19.0 Å². The second-order valence-corrected chi connectivity index (χ2v) is 3.68. The molecule has 1 N–H and O–H groups in total. The molecule has 1 heterocycles. The Labute approximate surface area is 97.1 Å². The van der Waals surface area contributed by atoms with Gasteiger partial charge in [0.25, 0.3) is 0 Å². The van der Waals surface area contributed by atoms with Crippen LogP contribution in [0.5, 0.6) is 0 Å². The van der Waals surface area contributed by atoms with Crippen molar-refractivity contribution in [2.24, 2.45) is 0 Å². The van der Waals surface area contributed by atoms with Crippen molar-refractivity contribution in [1.29, 1.82) is 0 Å². The molecule has 0 aliphatic rings. The van der Waals surface area contributed by atoms with Gasteiger partial charge in [0.05, 0.1) is 6.61 Å². The lowest BCUT2D eigenvalue weighted by atomic mass is 10.3. The first-order valence-electron chi connectivity index (χ1n) is 5.06. The van der Waals surface area contributed by atoms with E-state index in [1.54, 1.807) is 13.8 Å². The van der Waals surface area contributed by atoms with Crippen LogP contribution >= 0.6 is 0 Å². The largest absolute Gasteiger partial charge is 0.405 e. The molecule has 0 aliphatic heterocycles. The molecule has 4 nitrogen and oxygen atoms in total. The number of aryl methyl sites for hydroxylation is 2. The van der Waals surface area contributed by atoms with Crippen LogP contribution in [-0.4, -0.2) is 40.9 Å². The van der Waals surface area contributed by atoms with Crippen molar-refractivity contribution in [3.8, 4) is 0 Å². The van der Waals surface area contributed by atoms with Gasteiger partial charge in [0.1, 0.15) is 18.2 Å². The highest BCUT2D eigenvalue weighted by Gasteiger charge is 2.31.